The summed E-state index contributed by atoms with van der Waals surface area (Å²) in [6.07, 6.45) is 11.8. The van der Waals surface area contributed by atoms with Gasteiger partial charge in [0.15, 0.2) is 0 Å². The smallest absolute Gasteiger partial charge is 0.0726 e. The zero-order valence-electron chi connectivity index (χ0n) is 25.2. The van der Waals surface area contributed by atoms with Gasteiger partial charge in [0.25, 0.3) is 0 Å². The Kier molecular flexibility index (Phi) is 7.19. The normalized spacial score (nSPS) is 14.8. The first kappa shape index (κ1) is 26.9. The zero-order chi connectivity index (χ0) is 29.3. The van der Waals surface area contributed by atoms with Gasteiger partial charge < -0.3 is 10.6 Å². The van der Waals surface area contributed by atoms with Crippen LogP contribution >= 0.6 is 0 Å². The van der Waals surface area contributed by atoms with E-state index in [9.17, 15) is 0 Å². The SMILES string of the molecule is c1ccc2c(Nc3ccc(-c4ccc(Nc5c6c(nc7ccccc57)CCCCC6)cc4)cc3)c3c(nc2c1)CCCCC3. The van der Waals surface area contributed by atoms with E-state index in [0.717, 1.165) is 48.1 Å². The first-order valence-corrected chi connectivity index (χ1v) is 16.4. The number of nitrogens with zero attached hydrogens (tertiary/aromatic N) is 2. The van der Waals surface area contributed by atoms with Crippen molar-refractivity contribution in [3.63, 3.8) is 0 Å². The molecule has 4 aromatic carbocycles. The number of para-hydroxylation sites is 2. The molecule has 2 heterocycles. The highest BCUT2D eigenvalue weighted by Crippen LogP contribution is 2.37. The van der Waals surface area contributed by atoms with Crippen LogP contribution in [0.1, 0.15) is 61.0 Å². The van der Waals surface area contributed by atoms with E-state index in [1.807, 2.05) is 0 Å². The van der Waals surface area contributed by atoms with Gasteiger partial charge in [-0.15, -0.1) is 0 Å². The van der Waals surface area contributed by atoms with Gasteiger partial charge in [-0.1, -0.05) is 73.5 Å². The Morgan fingerprint density at radius 1 is 0.409 bits per heavy atom. The third kappa shape index (κ3) is 5.19. The molecule has 4 nitrogen and oxygen atoms in total. The molecule has 0 fully saturated rings. The lowest BCUT2D eigenvalue weighted by Gasteiger charge is -2.18. The Bertz CT molecular complexity index is 1810. The maximum atomic E-state index is 5.06. The van der Waals surface area contributed by atoms with Crippen LogP contribution in [0.5, 0.6) is 0 Å². The number of rotatable bonds is 5. The second-order valence-electron chi connectivity index (χ2n) is 12.4. The van der Waals surface area contributed by atoms with Crippen molar-refractivity contribution in [3.05, 3.63) is 120 Å². The quantitative estimate of drug-likeness (QED) is 0.201. The van der Waals surface area contributed by atoms with Gasteiger partial charge in [0.05, 0.1) is 22.4 Å². The molecule has 4 heteroatoms. The van der Waals surface area contributed by atoms with E-state index in [2.05, 4.69) is 108 Å². The van der Waals surface area contributed by atoms with Gasteiger partial charge in [0.2, 0.25) is 0 Å². The zero-order valence-corrected chi connectivity index (χ0v) is 25.2. The number of benzene rings is 4. The van der Waals surface area contributed by atoms with Gasteiger partial charge in [-0.3, -0.25) is 9.97 Å². The van der Waals surface area contributed by atoms with Crippen molar-refractivity contribution in [1.82, 2.24) is 9.97 Å². The Hall–Kier alpha value is -4.70. The van der Waals surface area contributed by atoms with Crippen LogP contribution in [-0.2, 0) is 25.7 Å². The summed E-state index contributed by atoms with van der Waals surface area (Å²) in [5.41, 5.74) is 14.6. The van der Waals surface area contributed by atoms with Crippen LogP contribution in [0, 0.1) is 0 Å². The number of aromatic nitrogens is 2. The van der Waals surface area contributed by atoms with Gasteiger partial charge in [0, 0.05) is 33.5 Å². The van der Waals surface area contributed by atoms with E-state index in [-0.39, 0.29) is 0 Å². The molecule has 0 spiro atoms. The second kappa shape index (κ2) is 11.8. The van der Waals surface area contributed by atoms with E-state index in [1.165, 1.54) is 94.3 Å². The number of anilines is 4. The van der Waals surface area contributed by atoms with E-state index in [0.29, 0.717) is 0 Å². The summed E-state index contributed by atoms with van der Waals surface area (Å²) in [6.45, 7) is 0. The van der Waals surface area contributed by atoms with Gasteiger partial charge in [-0.05, 0) is 110 Å². The molecular formula is C40H38N4. The summed E-state index contributed by atoms with van der Waals surface area (Å²) < 4.78 is 0. The molecule has 0 atom stereocenters. The molecule has 2 aromatic heterocycles. The molecule has 0 saturated heterocycles. The van der Waals surface area contributed by atoms with Gasteiger partial charge in [-0.2, -0.15) is 0 Å². The molecule has 0 amide bonds. The molecular weight excluding hydrogens is 536 g/mol. The molecule has 0 saturated carbocycles. The van der Waals surface area contributed by atoms with Crippen molar-refractivity contribution in [2.45, 2.75) is 64.2 Å². The highest BCUT2D eigenvalue weighted by molar-refractivity contribution is 5.96. The van der Waals surface area contributed by atoms with E-state index in [1.54, 1.807) is 0 Å². The van der Waals surface area contributed by atoms with Crippen LogP contribution in [-0.4, -0.2) is 9.97 Å². The largest absolute Gasteiger partial charge is 0.355 e. The lowest BCUT2D eigenvalue weighted by atomic mass is 10.0. The van der Waals surface area contributed by atoms with Crippen LogP contribution in [0.2, 0.25) is 0 Å². The van der Waals surface area contributed by atoms with E-state index in [4.69, 9.17) is 9.97 Å². The lowest BCUT2D eigenvalue weighted by Crippen LogP contribution is -2.04. The van der Waals surface area contributed by atoms with Gasteiger partial charge >= 0.3 is 0 Å². The van der Waals surface area contributed by atoms with Crippen LogP contribution in [0.3, 0.4) is 0 Å². The van der Waals surface area contributed by atoms with Crippen molar-refractivity contribution in [2.24, 2.45) is 0 Å². The van der Waals surface area contributed by atoms with Crippen LogP contribution in [0.25, 0.3) is 32.9 Å². The topological polar surface area (TPSA) is 49.8 Å². The maximum Gasteiger partial charge on any atom is 0.0726 e. The van der Waals surface area contributed by atoms with Crippen molar-refractivity contribution in [1.29, 1.82) is 0 Å². The van der Waals surface area contributed by atoms with Crippen molar-refractivity contribution >= 4 is 44.6 Å². The minimum Gasteiger partial charge on any atom is -0.355 e. The average Bonchev–Trinajstić information content (AvgIpc) is 3.46. The first-order chi connectivity index (χ1) is 21.8. The molecule has 218 valence electrons. The fraction of sp³-hybridized carbons (Fsp3) is 0.250. The number of pyridine rings is 2. The molecule has 2 aliphatic rings. The summed E-state index contributed by atoms with van der Waals surface area (Å²) >= 11 is 0. The first-order valence-electron chi connectivity index (χ1n) is 16.4. The van der Waals surface area contributed by atoms with Crippen LogP contribution in [0.4, 0.5) is 22.7 Å². The summed E-state index contributed by atoms with van der Waals surface area (Å²) in [7, 11) is 0. The number of aryl methyl sites for hydroxylation is 2. The predicted molar refractivity (Wildman–Crippen MR) is 184 cm³/mol. The standard InChI is InChI=1S/C40H38N4/c1-3-11-31-35(15-5-1)43-37-17-9-7-13-33(37)39(31)41-29-23-19-27(20-24-29)28-21-25-30(26-22-28)42-40-32-12-4-2-6-16-36(32)44-38-18-10-8-14-34(38)40/h7-10,13-14,17-26H,1-6,11-12,15-16H2,(H,41,43)(H,42,44). The Balaban J connectivity index is 1.06. The Morgan fingerprint density at radius 2 is 0.818 bits per heavy atom. The number of hydrogen-bond donors (Lipinski definition) is 2. The van der Waals surface area contributed by atoms with Crippen LogP contribution in [0.15, 0.2) is 97.1 Å². The monoisotopic (exact) mass is 574 g/mol. The molecule has 6 aromatic rings. The fourth-order valence-electron chi connectivity index (χ4n) is 7.16. The fourth-order valence-corrected chi connectivity index (χ4v) is 7.16. The number of hydrogen-bond acceptors (Lipinski definition) is 4. The van der Waals surface area contributed by atoms with Gasteiger partial charge in [-0.25, -0.2) is 0 Å². The minimum atomic E-state index is 1.07. The van der Waals surface area contributed by atoms with Crippen LogP contribution < -0.4 is 10.6 Å². The second-order valence-corrected chi connectivity index (χ2v) is 12.4. The number of nitrogens with one attached hydrogen (secondary N) is 2. The summed E-state index contributed by atoms with van der Waals surface area (Å²) in [5, 5.41) is 10.0. The summed E-state index contributed by atoms with van der Waals surface area (Å²) in [5.74, 6) is 0. The predicted octanol–water partition coefficient (Wildman–Crippen LogP) is 10.5. The lowest BCUT2D eigenvalue weighted by molar-refractivity contribution is 0.709. The molecule has 44 heavy (non-hydrogen) atoms. The molecule has 0 unspecified atom stereocenters. The maximum absolute atomic E-state index is 5.06. The van der Waals surface area contributed by atoms with Crippen molar-refractivity contribution in [3.8, 4) is 11.1 Å². The third-order valence-corrected chi connectivity index (χ3v) is 9.48. The van der Waals surface area contributed by atoms with E-state index >= 15 is 0 Å². The molecule has 0 radical (unpaired) electrons. The molecule has 2 aliphatic carbocycles. The molecule has 2 N–H and O–H groups in total. The molecule has 0 aliphatic heterocycles. The molecule has 0 bridgehead atoms. The van der Waals surface area contributed by atoms with Crippen molar-refractivity contribution in [2.75, 3.05) is 10.6 Å². The highest BCUT2D eigenvalue weighted by Gasteiger charge is 2.19. The summed E-state index contributed by atoms with van der Waals surface area (Å²) in [4.78, 5) is 10.1. The Morgan fingerprint density at radius 3 is 1.27 bits per heavy atom. The highest BCUT2D eigenvalue weighted by atomic mass is 14.9. The number of fused-ring (bicyclic) bond motifs is 4. The third-order valence-electron chi connectivity index (χ3n) is 9.48. The Labute approximate surface area is 259 Å². The minimum absolute atomic E-state index is 1.07. The molecule has 8 rings (SSSR count). The average molecular weight is 575 g/mol. The van der Waals surface area contributed by atoms with Gasteiger partial charge in [0.1, 0.15) is 0 Å². The van der Waals surface area contributed by atoms with Crippen molar-refractivity contribution < 1.29 is 0 Å². The summed E-state index contributed by atoms with van der Waals surface area (Å²) in [6, 6.07) is 34.8. The van der Waals surface area contributed by atoms with E-state index < -0.39 is 0 Å².